The number of carbonyl (C=O) groups is 2. The minimum absolute atomic E-state index is 0.176. The van der Waals surface area contributed by atoms with Crippen LogP contribution in [0.5, 0.6) is 0 Å². The maximum Gasteiger partial charge on any atom is 0.233 e. The number of rotatable bonds is 3. The van der Waals surface area contributed by atoms with E-state index in [4.69, 9.17) is 0 Å². The lowest BCUT2D eigenvalue weighted by Gasteiger charge is -2.20. The summed E-state index contributed by atoms with van der Waals surface area (Å²) in [4.78, 5) is 23.0. The summed E-state index contributed by atoms with van der Waals surface area (Å²) in [5.74, 6) is 0.159. The average Bonchev–Trinajstić information content (AvgIpc) is 3.22. The first-order valence-electron chi connectivity index (χ1n) is 6.96. The number of anilines is 2. The molecule has 1 aromatic rings. The zero-order chi connectivity index (χ0) is 14.3. The molecule has 1 aliphatic heterocycles. The van der Waals surface area contributed by atoms with Crippen molar-refractivity contribution >= 4 is 23.2 Å². The van der Waals surface area contributed by atoms with Gasteiger partial charge in [0.1, 0.15) is 6.42 Å². The van der Waals surface area contributed by atoms with E-state index in [-0.39, 0.29) is 24.2 Å². The number of benzene rings is 1. The first kappa shape index (κ1) is 13.1. The molecule has 1 heterocycles. The molecule has 0 radical (unpaired) electrons. The Hall–Kier alpha value is -1.88. The van der Waals surface area contributed by atoms with Crippen molar-refractivity contribution in [2.75, 3.05) is 10.6 Å². The summed E-state index contributed by atoms with van der Waals surface area (Å²) in [6.07, 6.45) is 1.64. The maximum atomic E-state index is 11.6. The van der Waals surface area contributed by atoms with Gasteiger partial charge in [-0.15, -0.1) is 0 Å². The van der Waals surface area contributed by atoms with Crippen molar-refractivity contribution in [3.05, 3.63) is 23.8 Å². The van der Waals surface area contributed by atoms with Crippen LogP contribution in [0.1, 0.15) is 37.9 Å². The quantitative estimate of drug-likeness (QED) is 0.738. The van der Waals surface area contributed by atoms with Crippen LogP contribution in [0.3, 0.4) is 0 Å². The smallest absolute Gasteiger partial charge is 0.233 e. The third-order valence-corrected chi connectivity index (χ3v) is 4.12. The van der Waals surface area contributed by atoms with Gasteiger partial charge in [-0.3, -0.25) is 9.59 Å². The molecule has 1 aromatic carbocycles. The molecule has 2 unspecified atom stereocenters. The molecule has 2 aliphatic rings. The number of fused-ring (bicyclic) bond motifs is 1. The van der Waals surface area contributed by atoms with E-state index in [0.717, 1.165) is 5.56 Å². The van der Waals surface area contributed by atoms with Crippen LogP contribution in [-0.2, 0) is 9.59 Å². The Labute approximate surface area is 117 Å². The summed E-state index contributed by atoms with van der Waals surface area (Å²) in [5.41, 5.74) is 1.91. The van der Waals surface area contributed by atoms with Crippen molar-refractivity contribution < 1.29 is 14.7 Å². The Kier molecular flexibility index (Phi) is 3.22. The van der Waals surface area contributed by atoms with Crippen molar-refractivity contribution in [3.8, 4) is 0 Å². The highest BCUT2D eigenvalue weighted by atomic mass is 16.3. The molecule has 0 spiro atoms. The van der Waals surface area contributed by atoms with Gasteiger partial charge in [0, 0.05) is 0 Å². The third-order valence-electron chi connectivity index (χ3n) is 4.12. The molecular formula is C15H18N2O3. The molecule has 3 rings (SSSR count). The fraction of sp³-hybridized carbons (Fsp3) is 0.467. The summed E-state index contributed by atoms with van der Waals surface area (Å²) in [7, 11) is 0. The van der Waals surface area contributed by atoms with Crippen LogP contribution in [0.2, 0.25) is 0 Å². The standard InChI is InChI=1S/C15H18N2O3/c1-8(9-2-3-9)15(20)10-4-5-11-12(6-10)17-14(19)7-13(18)16-11/h4-6,8-9,15,20H,2-3,7H2,1H3,(H,16,18)(H,17,19). The molecule has 0 aromatic heterocycles. The maximum absolute atomic E-state index is 11.6. The number of amides is 2. The second kappa shape index (κ2) is 4.90. The molecule has 1 saturated carbocycles. The Balaban J connectivity index is 1.88. The minimum Gasteiger partial charge on any atom is -0.388 e. The number of hydrogen-bond donors (Lipinski definition) is 3. The van der Waals surface area contributed by atoms with Gasteiger partial charge in [0.05, 0.1) is 17.5 Å². The molecular weight excluding hydrogens is 256 g/mol. The number of hydrogen-bond acceptors (Lipinski definition) is 3. The van der Waals surface area contributed by atoms with E-state index in [2.05, 4.69) is 10.6 Å². The normalized spacial score (nSPS) is 21.3. The predicted molar refractivity (Wildman–Crippen MR) is 75.2 cm³/mol. The van der Waals surface area contributed by atoms with Crippen molar-refractivity contribution in [2.45, 2.75) is 32.3 Å². The molecule has 20 heavy (non-hydrogen) atoms. The van der Waals surface area contributed by atoms with Crippen LogP contribution in [0.25, 0.3) is 0 Å². The van der Waals surface area contributed by atoms with E-state index in [1.54, 1.807) is 18.2 Å². The van der Waals surface area contributed by atoms with Crippen molar-refractivity contribution in [1.29, 1.82) is 0 Å². The van der Waals surface area contributed by atoms with Crippen LogP contribution in [0.4, 0.5) is 11.4 Å². The van der Waals surface area contributed by atoms with E-state index in [1.165, 1.54) is 12.8 Å². The fourth-order valence-corrected chi connectivity index (χ4v) is 2.68. The summed E-state index contributed by atoms with van der Waals surface area (Å²) >= 11 is 0. The SMILES string of the molecule is CC(C1CC1)C(O)c1ccc2c(c1)NC(=O)CC(=O)N2. The summed E-state index contributed by atoms with van der Waals surface area (Å²) in [5, 5.41) is 15.8. The number of carbonyl (C=O) groups excluding carboxylic acids is 2. The molecule has 3 N–H and O–H groups in total. The molecule has 0 bridgehead atoms. The first-order chi connectivity index (χ1) is 9.54. The number of aliphatic hydroxyl groups excluding tert-OH is 1. The lowest BCUT2D eigenvalue weighted by molar-refractivity contribution is -0.123. The van der Waals surface area contributed by atoms with Gasteiger partial charge in [-0.05, 0) is 42.4 Å². The Bertz CT molecular complexity index is 566. The zero-order valence-electron chi connectivity index (χ0n) is 11.3. The van der Waals surface area contributed by atoms with Crippen LogP contribution in [0.15, 0.2) is 18.2 Å². The molecule has 1 aliphatic carbocycles. The summed E-state index contributed by atoms with van der Waals surface area (Å²) < 4.78 is 0. The van der Waals surface area contributed by atoms with E-state index < -0.39 is 6.10 Å². The van der Waals surface area contributed by atoms with E-state index in [9.17, 15) is 14.7 Å². The van der Waals surface area contributed by atoms with Gasteiger partial charge in [0.2, 0.25) is 11.8 Å². The first-order valence-corrected chi connectivity index (χ1v) is 6.96. The minimum atomic E-state index is -0.538. The van der Waals surface area contributed by atoms with Gasteiger partial charge < -0.3 is 15.7 Å². The number of aliphatic hydroxyl groups is 1. The van der Waals surface area contributed by atoms with Crippen molar-refractivity contribution in [3.63, 3.8) is 0 Å². The van der Waals surface area contributed by atoms with Crippen LogP contribution >= 0.6 is 0 Å². The highest BCUT2D eigenvalue weighted by Crippen LogP contribution is 2.43. The summed E-state index contributed by atoms with van der Waals surface area (Å²) in [6, 6.07) is 5.29. The molecule has 5 heteroatoms. The van der Waals surface area contributed by atoms with Crippen LogP contribution in [0, 0.1) is 11.8 Å². The predicted octanol–water partition coefficient (Wildman–Crippen LogP) is 2.05. The second-order valence-electron chi connectivity index (χ2n) is 5.72. The van der Waals surface area contributed by atoms with Gasteiger partial charge in [0.25, 0.3) is 0 Å². The molecule has 1 fully saturated rings. The van der Waals surface area contributed by atoms with Crippen molar-refractivity contribution in [1.82, 2.24) is 0 Å². The Morgan fingerprint density at radius 1 is 1.15 bits per heavy atom. The summed E-state index contributed by atoms with van der Waals surface area (Å²) in [6.45, 7) is 2.05. The third kappa shape index (κ3) is 2.54. The molecule has 106 valence electrons. The average molecular weight is 274 g/mol. The molecule has 2 amide bonds. The molecule has 5 nitrogen and oxygen atoms in total. The zero-order valence-corrected chi connectivity index (χ0v) is 11.3. The highest BCUT2D eigenvalue weighted by Gasteiger charge is 2.33. The lowest BCUT2D eigenvalue weighted by Crippen LogP contribution is -2.16. The molecule has 0 saturated heterocycles. The second-order valence-corrected chi connectivity index (χ2v) is 5.72. The Morgan fingerprint density at radius 3 is 2.45 bits per heavy atom. The highest BCUT2D eigenvalue weighted by molar-refractivity contribution is 6.13. The lowest BCUT2D eigenvalue weighted by atomic mass is 9.93. The van der Waals surface area contributed by atoms with E-state index in [1.807, 2.05) is 6.92 Å². The van der Waals surface area contributed by atoms with Gasteiger partial charge in [-0.1, -0.05) is 13.0 Å². The largest absolute Gasteiger partial charge is 0.388 e. The number of nitrogens with one attached hydrogen (secondary N) is 2. The van der Waals surface area contributed by atoms with Gasteiger partial charge in [0.15, 0.2) is 0 Å². The van der Waals surface area contributed by atoms with Crippen LogP contribution in [-0.4, -0.2) is 16.9 Å². The van der Waals surface area contributed by atoms with Crippen LogP contribution < -0.4 is 10.6 Å². The van der Waals surface area contributed by atoms with E-state index in [0.29, 0.717) is 17.3 Å². The molecule has 2 atom stereocenters. The monoisotopic (exact) mass is 274 g/mol. The van der Waals surface area contributed by atoms with Gasteiger partial charge in [-0.2, -0.15) is 0 Å². The van der Waals surface area contributed by atoms with E-state index >= 15 is 0 Å². The van der Waals surface area contributed by atoms with Gasteiger partial charge in [-0.25, -0.2) is 0 Å². The topological polar surface area (TPSA) is 78.4 Å². The van der Waals surface area contributed by atoms with Gasteiger partial charge >= 0.3 is 0 Å². The van der Waals surface area contributed by atoms with Crippen molar-refractivity contribution in [2.24, 2.45) is 11.8 Å². The Morgan fingerprint density at radius 2 is 1.80 bits per heavy atom. The fourth-order valence-electron chi connectivity index (χ4n) is 2.68.